The number of hydrogen-bond donors (Lipinski definition) is 1. The number of aryl methyl sites for hydroxylation is 1. The Hall–Kier alpha value is -1.56. The molecular formula is C12H15N5S. The van der Waals surface area contributed by atoms with E-state index in [9.17, 15) is 0 Å². The smallest absolute Gasteiger partial charge is 0.197 e. The molecule has 94 valence electrons. The molecule has 0 radical (unpaired) electrons. The fraction of sp³-hybridized carbons (Fsp3) is 0.417. The molecule has 0 amide bonds. The first-order valence-corrected chi connectivity index (χ1v) is 6.96. The molecule has 0 saturated carbocycles. The van der Waals surface area contributed by atoms with Crippen LogP contribution < -0.4 is 5.73 Å². The minimum atomic E-state index is 0.725. The highest BCUT2D eigenvalue weighted by Gasteiger charge is 2.15. The van der Waals surface area contributed by atoms with Gasteiger partial charge in [-0.1, -0.05) is 6.42 Å². The molecule has 0 fully saturated rings. The van der Waals surface area contributed by atoms with E-state index in [-0.39, 0.29) is 0 Å². The van der Waals surface area contributed by atoms with Crippen molar-refractivity contribution in [2.75, 3.05) is 5.73 Å². The van der Waals surface area contributed by atoms with E-state index in [1.54, 1.807) is 12.3 Å². The van der Waals surface area contributed by atoms with Crippen LogP contribution in [-0.4, -0.2) is 19.7 Å². The molecule has 0 unspecified atom stereocenters. The van der Waals surface area contributed by atoms with Crippen LogP contribution in [0.5, 0.6) is 0 Å². The summed E-state index contributed by atoms with van der Waals surface area (Å²) in [5, 5.41) is 10.3. The summed E-state index contributed by atoms with van der Waals surface area (Å²) in [6.07, 6.45) is 6.42. The first-order chi connectivity index (χ1) is 8.83. The molecule has 0 aromatic carbocycles. The van der Waals surface area contributed by atoms with Crippen molar-refractivity contribution in [2.45, 2.75) is 42.4 Å². The van der Waals surface area contributed by atoms with Crippen molar-refractivity contribution in [1.29, 1.82) is 0 Å². The third-order valence-electron chi connectivity index (χ3n) is 3.03. The third kappa shape index (κ3) is 2.33. The van der Waals surface area contributed by atoms with E-state index >= 15 is 0 Å². The molecule has 3 heterocycles. The fourth-order valence-corrected chi connectivity index (χ4v) is 2.99. The Balaban J connectivity index is 1.87. The van der Waals surface area contributed by atoms with Gasteiger partial charge in [0, 0.05) is 24.8 Å². The van der Waals surface area contributed by atoms with Gasteiger partial charge in [-0.2, -0.15) is 0 Å². The minimum absolute atomic E-state index is 0.725. The van der Waals surface area contributed by atoms with Crippen LogP contribution in [-0.2, 0) is 13.0 Å². The molecule has 6 heteroatoms. The number of anilines is 1. The number of aromatic nitrogens is 4. The maximum absolute atomic E-state index is 5.75. The molecule has 1 aliphatic rings. The molecule has 2 aromatic rings. The van der Waals surface area contributed by atoms with Crippen LogP contribution in [0.1, 0.15) is 25.1 Å². The second-order valence-corrected chi connectivity index (χ2v) is 5.38. The van der Waals surface area contributed by atoms with Crippen LogP contribution >= 0.6 is 11.8 Å². The maximum atomic E-state index is 5.75. The Morgan fingerprint density at radius 2 is 2.17 bits per heavy atom. The molecule has 0 saturated heterocycles. The van der Waals surface area contributed by atoms with Gasteiger partial charge in [-0.3, -0.25) is 0 Å². The number of pyridine rings is 1. The van der Waals surface area contributed by atoms with E-state index in [0.29, 0.717) is 0 Å². The van der Waals surface area contributed by atoms with Crippen LogP contribution in [0.2, 0.25) is 0 Å². The van der Waals surface area contributed by atoms with Gasteiger partial charge in [0.25, 0.3) is 0 Å². The molecule has 2 N–H and O–H groups in total. The normalized spacial score (nSPS) is 15.1. The highest BCUT2D eigenvalue weighted by Crippen LogP contribution is 2.27. The Bertz CT molecular complexity index is 551. The van der Waals surface area contributed by atoms with Crippen molar-refractivity contribution in [1.82, 2.24) is 19.7 Å². The van der Waals surface area contributed by atoms with Crippen LogP contribution in [0, 0.1) is 0 Å². The summed E-state index contributed by atoms with van der Waals surface area (Å²) in [5.74, 6) is 1.10. The van der Waals surface area contributed by atoms with Crippen LogP contribution in [0.15, 0.2) is 28.5 Å². The molecule has 0 spiro atoms. The fourth-order valence-electron chi connectivity index (χ4n) is 2.11. The van der Waals surface area contributed by atoms with Crippen LogP contribution in [0.25, 0.3) is 0 Å². The Morgan fingerprint density at radius 1 is 1.22 bits per heavy atom. The number of nitrogens with zero attached hydrogens (tertiary/aromatic N) is 4. The van der Waals surface area contributed by atoms with E-state index in [0.717, 1.165) is 34.7 Å². The van der Waals surface area contributed by atoms with Gasteiger partial charge in [0.05, 0.1) is 0 Å². The lowest BCUT2D eigenvalue weighted by Crippen LogP contribution is -2.02. The number of hydrogen-bond acceptors (Lipinski definition) is 5. The zero-order valence-electron chi connectivity index (χ0n) is 10.0. The second kappa shape index (κ2) is 4.97. The van der Waals surface area contributed by atoms with Crippen molar-refractivity contribution < 1.29 is 0 Å². The summed E-state index contributed by atoms with van der Waals surface area (Å²) < 4.78 is 2.21. The van der Waals surface area contributed by atoms with Gasteiger partial charge in [-0.25, -0.2) is 4.98 Å². The molecule has 0 bridgehead atoms. The molecule has 5 nitrogen and oxygen atoms in total. The van der Waals surface area contributed by atoms with Crippen molar-refractivity contribution in [3.8, 4) is 0 Å². The molecule has 1 aliphatic heterocycles. The molecule has 18 heavy (non-hydrogen) atoms. The monoisotopic (exact) mass is 261 g/mol. The number of nitrogens with two attached hydrogens (primary N) is 1. The summed E-state index contributed by atoms with van der Waals surface area (Å²) >= 11 is 1.53. The highest BCUT2D eigenvalue weighted by molar-refractivity contribution is 7.99. The van der Waals surface area contributed by atoms with E-state index in [1.165, 1.54) is 31.0 Å². The van der Waals surface area contributed by atoms with Gasteiger partial charge in [-0.15, -0.1) is 10.2 Å². The predicted molar refractivity (Wildman–Crippen MR) is 70.3 cm³/mol. The Kier molecular flexibility index (Phi) is 3.19. The summed E-state index contributed by atoms with van der Waals surface area (Å²) in [5.41, 5.74) is 6.48. The average Bonchev–Trinajstić information content (AvgIpc) is 2.60. The van der Waals surface area contributed by atoms with Gasteiger partial charge in [0.2, 0.25) is 0 Å². The van der Waals surface area contributed by atoms with Crippen LogP contribution in [0.3, 0.4) is 0 Å². The van der Waals surface area contributed by atoms with Gasteiger partial charge >= 0.3 is 0 Å². The highest BCUT2D eigenvalue weighted by atomic mass is 32.2. The third-order valence-corrected chi connectivity index (χ3v) is 3.95. The van der Waals surface area contributed by atoms with Crippen molar-refractivity contribution in [3.63, 3.8) is 0 Å². The number of nitrogen functional groups attached to an aromatic ring is 1. The van der Waals surface area contributed by atoms with Gasteiger partial charge in [0.15, 0.2) is 5.16 Å². The zero-order chi connectivity index (χ0) is 12.4. The largest absolute Gasteiger partial charge is 0.399 e. The van der Waals surface area contributed by atoms with Gasteiger partial charge < -0.3 is 10.3 Å². The Labute approximate surface area is 110 Å². The number of rotatable bonds is 2. The maximum Gasteiger partial charge on any atom is 0.197 e. The quantitative estimate of drug-likeness (QED) is 0.896. The average molecular weight is 261 g/mol. The van der Waals surface area contributed by atoms with E-state index < -0.39 is 0 Å². The number of fused-ring (bicyclic) bond motifs is 1. The lowest BCUT2D eigenvalue weighted by molar-refractivity contribution is 0.590. The SMILES string of the molecule is Nc1ccnc(Sc2nnc3n2CCCCC3)c1. The lowest BCUT2D eigenvalue weighted by Gasteiger charge is -2.05. The van der Waals surface area contributed by atoms with Crippen molar-refractivity contribution >= 4 is 17.4 Å². The van der Waals surface area contributed by atoms with E-state index in [2.05, 4.69) is 19.7 Å². The molecule has 2 aromatic heterocycles. The van der Waals surface area contributed by atoms with Gasteiger partial charge in [-0.05, 0) is 36.7 Å². The van der Waals surface area contributed by atoms with E-state index in [4.69, 9.17) is 5.73 Å². The summed E-state index contributed by atoms with van der Waals surface area (Å²) in [6, 6.07) is 3.65. The molecular weight excluding hydrogens is 246 g/mol. The second-order valence-electron chi connectivity index (χ2n) is 4.39. The van der Waals surface area contributed by atoms with Crippen molar-refractivity contribution in [2.24, 2.45) is 0 Å². The van der Waals surface area contributed by atoms with E-state index in [1.807, 2.05) is 6.07 Å². The minimum Gasteiger partial charge on any atom is -0.399 e. The summed E-state index contributed by atoms with van der Waals surface area (Å²) in [7, 11) is 0. The molecule has 0 atom stereocenters. The van der Waals surface area contributed by atoms with Crippen molar-refractivity contribution in [3.05, 3.63) is 24.2 Å². The van der Waals surface area contributed by atoms with Crippen LogP contribution in [0.4, 0.5) is 5.69 Å². The first kappa shape index (κ1) is 11.5. The van der Waals surface area contributed by atoms with Gasteiger partial charge in [0.1, 0.15) is 10.9 Å². The topological polar surface area (TPSA) is 69.6 Å². The zero-order valence-corrected chi connectivity index (χ0v) is 10.9. The Morgan fingerprint density at radius 3 is 3.06 bits per heavy atom. The predicted octanol–water partition coefficient (Wildman–Crippen LogP) is 2.13. The summed E-state index contributed by atoms with van der Waals surface area (Å²) in [6.45, 7) is 1.01. The first-order valence-electron chi connectivity index (χ1n) is 6.14. The lowest BCUT2D eigenvalue weighted by atomic mass is 10.2. The molecule has 3 rings (SSSR count). The molecule has 0 aliphatic carbocycles. The summed E-state index contributed by atoms with van der Waals surface area (Å²) in [4.78, 5) is 4.29. The standard InChI is InChI=1S/C12H15N5S/c13-9-5-6-14-11(8-9)18-12-16-15-10-4-2-1-3-7-17(10)12/h5-6,8H,1-4,7H2,(H2,13,14).